The van der Waals surface area contributed by atoms with E-state index >= 15 is 0 Å². The lowest BCUT2D eigenvalue weighted by Gasteiger charge is -2.13. The van der Waals surface area contributed by atoms with Gasteiger partial charge >= 0.3 is 0 Å². The van der Waals surface area contributed by atoms with Crippen molar-refractivity contribution in [3.8, 4) is 0 Å². The lowest BCUT2D eigenvalue weighted by Crippen LogP contribution is -2.12. The summed E-state index contributed by atoms with van der Waals surface area (Å²) in [5, 5.41) is 4.70. The molecule has 0 amide bonds. The molecule has 0 spiro atoms. The summed E-state index contributed by atoms with van der Waals surface area (Å²) in [5.41, 5.74) is 2.86. The molecule has 0 atom stereocenters. The smallest absolute Gasteiger partial charge is 0.0981 e. The van der Waals surface area contributed by atoms with Crippen LogP contribution in [0.4, 0.5) is 0 Å². The van der Waals surface area contributed by atoms with Crippen LogP contribution in [0.1, 0.15) is 41.8 Å². The second-order valence-electron chi connectivity index (χ2n) is 5.91. The van der Waals surface area contributed by atoms with Crippen molar-refractivity contribution in [3.63, 3.8) is 0 Å². The minimum Gasteiger partial charge on any atom is -0.308 e. The topological polar surface area (TPSA) is 24.9 Å². The third kappa shape index (κ3) is 3.88. The fourth-order valence-corrected chi connectivity index (χ4v) is 2.80. The van der Waals surface area contributed by atoms with Crippen LogP contribution in [0.2, 0.25) is 0 Å². The van der Waals surface area contributed by atoms with Gasteiger partial charge in [0.2, 0.25) is 0 Å². The van der Waals surface area contributed by atoms with Crippen molar-refractivity contribution in [2.75, 3.05) is 0 Å². The van der Waals surface area contributed by atoms with Crippen molar-refractivity contribution in [2.45, 2.75) is 46.2 Å². The Kier molecular flexibility index (Phi) is 4.38. The summed E-state index contributed by atoms with van der Waals surface area (Å²) in [5.74, 6) is 0. The second-order valence-corrected chi connectivity index (χ2v) is 7.03. The Hall–Kier alpha value is -1.19. The standard InChI is InChI=1S/C16H22N2S/c1-12-7-5-6-8-13(12)9-17-10-14-11-18-15(19-14)16(2,3)4/h5-8,11,17H,9-10H2,1-4H3. The zero-order valence-electron chi connectivity index (χ0n) is 12.2. The van der Waals surface area contributed by atoms with Gasteiger partial charge in [-0.25, -0.2) is 4.98 Å². The van der Waals surface area contributed by atoms with Gasteiger partial charge in [0.05, 0.1) is 5.01 Å². The van der Waals surface area contributed by atoms with Crippen LogP contribution in [0.3, 0.4) is 0 Å². The molecular formula is C16H22N2S. The first kappa shape index (κ1) is 14.2. The molecule has 1 N–H and O–H groups in total. The predicted octanol–water partition coefficient (Wildman–Crippen LogP) is 4.04. The minimum absolute atomic E-state index is 0.152. The lowest BCUT2D eigenvalue weighted by atomic mass is 9.98. The van der Waals surface area contributed by atoms with Crippen molar-refractivity contribution < 1.29 is 0 Å². The monoisotopic (exact) mass is 274 g/mol. The van der Waals surface area contributed by atoms with E-state index in [0.29, 0.717) is 0 Å². The van der Waals surface area contributed by atoms with Gasteiger partial charge < -0.3 is 5.32 Å². The molecule has 0 aliphatic heterocycles. The number of aryl methyl sites for hydroxylation is 1. The number of nitrogens with zero attached hydrogens (tertiary/aromatic N) is 1. The SMILES string of the molecule is Cc1ccccc1CNCc1cnc(C(C)(C)C)s1. The first-order valence-electron chi connectivity index (χ1n) is 6.67. The van der Waals surface area contributed by atoms with Gasteiger partial charge in [-0.3, -0.25) is 0 Å². The molecule has 0 saturated heterocycles. The Labute approximate surface area is 119 Å². The maximum atomic E-state index is 4.51. The molecule has 0 aliphatic carbocycles. The summed E-state index contributed by atoms with van der Waals surface area (Å²) >= 11 is 1.81. The van der Waals surface area contributed by atoms with Crippen molar-refractivity contribution in [1.82, 2.24) is 10.3 Å². The molecule has 0 unspecified atom stereocenters. The van der Waals surface area contributed by atoms with Crippen LogP contribution in [0, 0.1) is 6.92 Å². The van der Waals surface area contributed by atoms with E-state index in [1.165, 1.54) is 21.0 Å². The Balaban J connectivity index is 1.90. The highest BCUT2D eigenvalue weighted by atomic mass is 32.1. The van der Waals surface area contributed by atoms with Gasteiger partial charge in [0.1, 0.15) is 0 Å². The van der Waals surface area contributed by atoms with Gasteiger partial charge in [-0.15, -0.1) is 11.3 Å². The van der Waals surface area contributed by atoms with Crippen LogP contribution in [0.25, 0.3) is 0 Å². The Morgan fingerprint density at radius 2 is 1.89 bits per heavy atom. The summed E-state index contributed by atoms with van der Waals surface area (Å²) in [6.45, 7) is 10.6. The van der Waals surface area contributed by atoms with Crippen LogP contribution in [-0.2, 0) is 18.5 Å². The van der Waals surface area contributed by atoms with E-state index in [1.54, 1.807) is 11.3 Å². The molecule has 19 heavy (non-hydrogen) atoms. The third-order valence-electron chi connectivity index (χ3n) is 3.07. The van der Waals surface area contributed by atoms with E-state index in [2.05, 4.69) is 62.3 Å². The van der Waals surface area contributed by atoms with Gasteiger partial charge in [-0.2, -0.15) is 0 Å². The molecule has 0 radical (unpaired) electrons. The highest BCUT2D eigenvalue weighted by Gasteiger charge is 2.17. The number of aromatic nitrogens is 1. The molecule has 102 valence electrons. The Morgan fingerprint density at radius 3 is 2.53 bits per heavy atom. The zero-order valence-corrected chi connectivity index (χ0v) is 13.0. The van der Waals surface area contributed by atoms with E-state index in [1.807, 2.05) is 6.20 Å². The van der Waals surface area contributed by atoms with Crippen LogP contribution in [0.15, 0.2) is 30.5 Å². The summed E-state index contributed by atoms with van der Waals surface area (Å²) in [7, 11) is 0. The molecule has 1 aromatic heterocycles. The van der Waals surface area contributed by atoms with Gasteiger partial charge in [-0.05, 0) is 18.1 Å². The molecular weight excluding hydrogens is 252 g/mol. The summed E-state index contributed by atoms with van der Waals surface area (Å²) in [4.78, 5) is 5.81. The maximum Gasteiger partial charge on any atom is 0.0981 e. The van der Waals surface area contributed by atoms with Crippen molar-refractivity contribution in [1.29, 1.82) is 0 Å². The highest BCUT2D eigenvalue weighted by Crippen LogP contribution is 2.26. The first-order chi connectivity index (χ1) is 8.97. The van der Waals surface area contributed by atoms with Gasteiger partial charge in [0.25, 0.3) is 0 Å². The quantitative estimate of drug-likeness (QED) is 0.910. The molecule has 1 aromatic carbocycles. The normalized spacial score (nSPS) is 11.8. The van der Waals surface area contributed by atoms with Crippen LogP contribution >= 0.6 is 11.3 Å². The van der Waals surface area contributed by atoms with E-state index in [9.17, 15) is 0 Å². The summed E-state index contributed by atoms with van der Waals surface area (Å²) < 4.78 is 0. The molecule has 2 rings (SSSR count). The van der Waals surface area contributed by atoms with E-state index in [4.69, 9.17) is 0 Å². The number of nitrogens with one attached hydrogen (secondary N) is 1. The molecule has 0 aliphatic rings. The fourth-order valence-electron chi connectivity index (χ4n) is 1.86. The minimum atomic E-state index is 0.152. The summed E-state index contributed by atoms with van der Waals surface area (Å²) in [6.07, 6.45) is 2.00. The number of thiazole rings is 1. The first-order valence-corrected chi connectivity index (χ1v) is 7.49. The van der Waals surface area contributed by atoms with Gasteiger partial charge in [0.15, 0.2) is 0 Å². The van der Waals surface area contributed by atoms with Crippen molar-refractivity contribution in [3.05, 3.63) is 51.5 Å². The molecule has 3 heteroatoms. The number of hydrogen-bond acceptors (Lipinski definition) is 3. The second kappa shape index (κ2) is 5.85. The van der Waals surface area contributed by atoms with E-state index < -0.39 is 0 Å². The lowest BCUT2D eigenvalue weighted by molar-refractivity contribution is 0.585. The van der Waals surface area contributed by atoms with Crippen LogP contribution in [0.5, 0.6) is 0 Å². The molecule has 0 saturated carbocycles. The molecule has 1 heterocycles. The average molecular weight is 274 g/mol. The predicted molar refractivity (Wildman–Crippen MR) is 82.5 cm³/mol. The van der Waals surface area contributed by atoms with Crippen molar-refractivity contribution >= 4 is 11.3 Å². The molecule has 2 aromatic rings. The Bertz CT molecular complexity index is 538. The number of benzene rings is 1. The van der Waals surface area contributed by atoms with E-state index in [0.717, 1.165) is 13.1 Å². The van der Waals surface area contributed by atoms with Crippen molar-refractivity contribution in [2.24, 2.45) is 0 Å². The molecule has 0 fully saturated rings. The number of hydrogen-bond donors (Lipinski definition) is 1. The Morgan fingerprint density at radius 1 is 1.16 bits per heavy atom. The zero-order chi connectivity index (χ0) is 13.9. The molecule has 2 nitrogen and oxygen atoms in total. The number of rotatable bonds is 4. The largest absolute Gasteiger partial charge is 0.308 e. The average Bonchev–Trinajstić information content (AvgIpc) is 2.80. The summed E-state index contributed by atoms with van der Waals surface area (Å²) in [6, 6.07) is 8.50. The van der Waals surface area contributed by atoms with Crippen LogP contribution < -0.4 is 5.32 Å². The third-order valence-corrected chi connectivity index (χ3v) is 4.49. The van der Waals surface area contributed by atoms with Gasteiger partial charge in [0, 0.05) is 29.6 Å². The highest BCUT2D eigenvalue weighted by molar-refractivity contribution is 7.11. The van der Waals surface area contributed by atoms with E-state index in [-0.39, 0.29) is 5.41 Å². The maximum absolute atomic E-state index is 4.51. The fraction of sp³-hybridized carbons (Fsp3) is 0.438. The van der Waals surface area contributed by atoms with Gasteiger partial charge in [-0.1, -0.05) is 45.0 Å². The van der Waals surface area contributed by atoms with Crippen LogP contribution in [-0.4, -0.2) is 4.98 Å². The molecule has 0 bridgehead atoms.